The van der Waals surface area contributed by atoms with E-state index in [1.54, 1.807) is 6.07 Å². The highest BCUT2D eigenvalue weighted by Crippen LogP contribution is 2.40. The molecule has 3 aromatic heterocycles. The zero-order chi connectivity index (χ0) is 23.4. The molecule has 4 heterocycles. The molecule has 0 radical (unpaired) electrons. The summed E-state index contributed by atoms with van der Waals surface area (Å²) in [5.41, 5.74) is 1.76. The van der Waals surface area contributed by atoms with Gasteiger partial charge < -0.3 is 4.74 Å². The predicted octanol–water partition coefficient (Wildman–Crippen LogP) is 3.84. The number of benzene rings is 1. The second-order valence-corrected chi connectivity index (χ2v) is 9.00. The van der Waals surface area contributed by atoms with Crippen LogP contribution in [0.1, 0.15) is 55.0 Å². The lowest BCUT2D eigenvalue weighted by atomic mass is 9.89. The van der Waals surface area contributed by atoms with E-state index in [9.17, 15) is 13.6 Å². The SMILES string of the molecule is Cn1nnc2c(-c3ccc(F)cc3F)nc([C@@H]3CCO[C@@H](c4cnn(C5CC5)c4)C3)cc2c1=O. The van der Waals surface area contributed by atoms with E-state index in [0.717, 1.165) is 35.2 Å². The van der Waals surface area contributed by atoms with Crippen LogP contribution in [0, 0.1) is 11.6 Å². The van der Waals surface area contributed by atoms with Crippen LogP contribution in [0.3, 0.4) is 0 Å². The molecule has 8 nitrogen and oxygen atoms in total. The van der Waals surface area contributed by atoms with E-state index in [1.807, 2.05) is 17.1 Å². The third-order valence-electron chi connectivity index (χ3n) is 6.62. The Hall–Kier alpha value is -3.53. The molecule has 6 rings (SSSR count). The summed E-state index contributed by atoms with van der Waals surface area (Å²) in [6, 6.07) is 5.48. The Morgan fingerprint density at radius 1 is 1.15 bits per heavy atom. The fraction of sp³-hybridized carbons (Fsp3) is 0.375. The molecular formula is C24H22F2N6O2. The van der Waals surface area contributed by atoms with E-state index in [1.165, 1.54) is 13.1 Å². The molecule has 1 aromatic carbocycles. The summed E-state index contributed by atoms with van der Waals surface area (Å²) in [4.78, 5) is 17.6. The van der Waals surface area contributed by atoms with Crippen LogP contribution in [-0.2, 0) is 11.8 Å². The van der Waals surface area contributed by atoms with E-state index in [0.29, 0.717) is 36.6 Å². The molecule has 0 amide bonds. The van der Waals surface area contributed by atoms with Gasteiger partial charge in [-0.15, -0.1) is 5.10 Å². The number of hydrogen-bond acceptors (Lipinski definition) is 6. The van der Waals surface area contributed by atoms with E-state index in [2.05, 4.69) is 15.4 Å². The number of aryl methyl sites for hydroxylation is 1. The maximum atomic E-state index is 14.7. The van der Waals surface area contributed by atoms with Crippen molar-refractivity contribution in [2.24, 2.45) is 7.05 Å². The first kappa shape index (κ1) is 21.0. The molecule has 0 bridgehead atoms. The summed E-state index contributed by atoms with van der Waals surface area (Å²) in [5, 5.41) is 12.7. The molecule has 10 heteroatoms. The second-order valence-electron chi connectivity index (χ2n) is 9.00. The molecule has 1 aliphatic heterocycles. The largest absolute Gasteiger partial charge is 0.373 e. The quantitative estimate of drug-likeness (QED) is 0.456. The third-order valence-corrected chi connectivity index (χ3v) is 6.62. The van der Waals surface area contributed by atoms with Gasteiger partial charge in [-0.25, -0.2) is 13.5 Å². The number of nitrogens with zero attached hydrogens (tertiary/aromatic N) is 6. The van der Waals surface area contributed by atoms with Crippen LogP contribution in [0.4, 0.5) is 8.78 Å². The zero-order valence-corrected chi connectivity index (χ0v) is 18.5. The molecule has 2 fully saturated rings. The van der Waals surface area contributed by atoms with Gasteiger partial charge in [0.2, 0.25) is 0 Å². The van der Waals surface area contributed by atoms with Gasteiger partial charge in [0.05, 0.1) is 23.7 Å². The van der Waals surface area contributed by atoms with Crippen LogP contribution < -0.4 is 5.56 Å². The number of hydrogen-bond donors (Lipinski definition) is 0. The van der Waals surface area contributed by atoms with Crippen molar-refractivity contribution in [3.63, 3.8) is 0 Å². The van der Waals surface area contributed by atoms with Crippen molar-refractivity contribution in [3.8, 4) is 11.3 Å². The Morgan fingerprint density at radius 3 is 2.79 bits per heavy atom. The summed E-state index contributed by atoms with van der Waals surface area (Å²) in [5.74, 6) is -1.49. The van der Waals surface area contributed by atoms with Gasteiger partial charge in [0.15, 0.2) is 0 Å². The fourth-order valence-corrected chi connectivity index (χ4v) is 4.58. The van der Waals surface area contributed by atoms with Gasteiger partial charge in [-0.1, -0.05) is 5.21 Å². The van der Waals surface area contributed by atoms with Crippen molar-refractivity contribution in [2.45, 2.75) is 43.7 Å². The van der Waals surface area contributed by atoms with Gasteiger partial charge in [0, 0.05) is 48.7 Å². The van der Waals surface area contributed by atoms with E-state index >= 15 is 0 Å². The van der Waals surface area contributed by atoms with Crippen molar-refractivity contribution in [3.05, 3.63) is 69.9 Å². The van der Waals surface area contributed by atoms with Crippen LogP contribution in [-0.4, -0.2) is 36.4 Å². The average molecular weight is 464 g/mol. The Morgan fingerprint density at radius 2 is 2.00 bits per heavy atom. The molecule has 2 atom stereocenters. The summed E-state index contributed by atoms with van der Waals surface area (Å²) < 4.78 is 37.5. The molecule has 0 unspecified atom stereocenters. The van der Waals surface area contributed by atoms with Crippen LogP contribution in [0.15, 0.2) is 41.5 Å². The predicted molar refractivity (Wildman–Crippen MR) is 119 cm³/mol. The van der Waals surface area contributed by atoms with Crippen molar-refractivity contribution in [2.75, 3.05) is 6.61 Å². The van der Waals surface area contributed by atoms with E-state index < -0.39 is 11.6 Å². The highest BCUT2D eigenvalue weighted by Gasteiger charge is 2.30. The number of pyridine rings is 1. The number of halogens is 2. The van der Waals surface area contributed by atoms with Crippen molar-refractivity contribution >= 4 is 10.9 Å². The van der Waals surface area contributed by atoms with E-state index in [4.69, 9.17) is 9.72 Å². The lowest BCUT2D eigenvalue weighted by Gasteiger charge is -2.29. The standard InChI is InChI=1S/C24H22F2N6O2/c1-31-24(33)18-10-20(28-22(23(18)29-30-31)17-5-2-15(25)9-19(17)26)13-6-7-34-21(8-13)14-11-27-32(12-14)16-3-4-16/h2,5,9-13,16,21H,3-4,6-8H2,1H3/t13-,21-/m1/s1. The highest BCUT2D eigenvalue weighted by atomic mass is 19.1. The highest BCUT2D eigenvalue weighted by molar-refractivity contribution is 5.91. The molecule has 1 aliphatic carbocycles. The van der Waals surface area contributed by atoms with Crippen LogP contribution in [0.25, 0.3) is 22.2 Å². The Bertz CT molecular complexity index is 1460. The summed E-state index contributed by atoms with van der Waals surface area (Å²) >= 11 is 0. The van der Waals surface area contributed by atoms with Crippen LogP contribution in [0.5, 0.6) is 0 Å². The summed E-state index contributed by atoms with van der Waals surface area (Å²) in [6.45, 7) is 0.524. The van der Waals surface area contributed by atoms with Gasteiger partial charge in [0.1, 0.15) is 22.8 Å². The van der Waals surface area contributed by atoms with Crippen molar-refractivity contribution in [1.82, 2.24) is 29.8 Å². The molecule has 0 N–H and O–H groups in total. The first-order valence-electron chi connectivity index (χ1n) is 11.3. The van der Waals surface area contributed by atoms with Crippen LogP contribution >= 0.6 is 0 Å². The molecule has 34 heavy (non-hydrogen) atoms. The van der Waals surface area contributed by atoms with Crippen LogP contribution in [0.2, 0.25) is 0 Å². The molecular weight excluding hydrogens is 442 g/mol. The summed E-state index contributed by atoms with van der Waals surface area (Å²) in [7, 11) is 1.51. The smallest absolute Gasteiger partial charge is 0.277 e. The van der Waals surface area contributed by atoms with Gasteiger partial charge >= 0.3 is 0 Å². The van der Waals surface area contributed by atoms with Gasteiger partial charge in [-0.2, -0.15) is 5.10 Å². The number of rotatable bonds is 4. The second kappa shape index (κ2) is 8.05. The Balaban J connectivity index is 1.43. The first-order chi connectivity index (χ1) is 16.5. The van der Waals surface area contributed by atoms with Crippen molar-refractivity contribution in [1.29, 1.82) is 0 Å². The monoisotopic (exact) mass is 464 g/mol. The van der Waals surface area contributed by atoms with Gasteiger partial charge in [-0.05, 0) is 43.9 Å². The third kappa shape index (κ3) is 3.67. The topological polar surface area (TPSA) is 87.7 Å². The number of ether oxygens (including phenoxy) is 1. The van der Waals surface area contributed by atoms with Gasteiger partial charge in [-0.3, -0.25) is 14.5 Å². The maximum absolute atomic E-state index is 14.7. The number of aromatic nitrogens is 6. The zero-order valence-electron chi connectivity index (χ0n) is 18.5. The Kier molecular flexibility index (Phi) is 4.98. The van der Waals surface area contributed by atoms with Crippen molar-refractivity contribution < 1.29 is 13.5 Å². The molecule has 1 saturated heterocycles. The molecule has 4 aromatic rings. The van der Waals surface area contributed by atoms with E-state index in [-0.39, 0.29) is 34.4 Å². The normalized spacial score (nSPS) is 20.7. The maximum Gasteiger partial charge on any atom is 0.277 e. The number of fused-ring (bicyclic) bond motifs is 1. The minimum Gasteiger partial charge on any atom is -0.373 e. The Labute approximate surface area is 193 Å². The molecule has 1 saturated carbocycles. The fourth-order valence-electron chi connectivity index (χ4n) is 4.58. The first-order valence-corrected chi connectivity index (χ1v) is 11.3. The average Bonchev–Trinajstić information content (AvgIpc) is 3.57. The molecule has 174 valence electrons. The molecule has 0 spiro atoms. The lowest BCUT2D eigenvalue weighted by molar-refractivity contribution is 0.00463. The lowest BCUT2D eigenvalue weighted by Crippen LogP contribution is -2.23. The van der Waals surface area contributed by atoms with Gasteiger partial charge in [0.25, 0.3) is 5.56 Å². The minimum atomic E-state index is -0.772. The minimum absolute atomic E-state index is 0.0208. The summed E-state index contributed by atoms with van der Waals surface area (Å²) in [6.07, 6.45) is 7.41. The molecule has 2 aliphatic rings.